The van der Waals surface area contributed by atoms with E-state index in [0.717, 1.165) is 27.5 Å². The third-order valence-electron chi connectivity index (χ3n) is 9.21. The number of carbonyl (C=O) groups excluding carboxylic acids is 4. The van der Waals surface area contributed by atoms with Gasteiger partial charge in [-0.15, -0.1) is 22.7 Å². The second kappa shape index (κ2) is 9.59. The first-order chi connectivity index (χ1) is 20.4. The minimum atomic E-state index is -4.96. The number of hydrogen-bond acceptors (Lipinski definition) is 8. The Labute approximate surface area is 252 Å². The van der Waals surface area contributed by atoms with Crippen LogP contribution in [0.25, 0.3) is 21.1 Å². The van der Waals surface area contributed by atoms with Gasteiger partial charge in [-0.2, -0.15) is 13.2 Å². The number of aromatic nitrogens is 2. The molecule has 6 atom stereocenters. The normalized spacial score (nSPS) is 25.7. The van der Waals surface area contributed by atoms with Crippen molar-refractivity contribution in [2.45, 2.75) is 38.8 Å². The van der Waals surface area contributed by atoms with Gasteiger partial charge < -0.3 is 0 Å². The Bertz CT molecular complexity index is 1860. The van der Waals surface area contributed by atoms with Crippen molar-refractivity contribution in [2.75, 3.05) is 0 Å². The molecule has 6 nitrogen and oxygen atoms in total. The van der Waals surface area contributed by atoms with Gasteiger partial charge in [0.1, 0.15) is 21.4 Å². The lowest BCUT2D eigenvalue weighted by molar-refractivity contribution is -0.0885. The van der Waals surface area contributed by atoms with E-state index in [-0.39, 0.29) is 52.9 Å². The molecule has 3 aliphatic carbocycles. The molecule has 2 aromatic carbocycles. The smallest absolute Gasteiger partial charge is 0.295 e. The van der Waals surface area contributed by atoms with E-state index in [4.69, 9.17) is 4.98 Å². The zero-order chi connectivity index (χ0) is 30.5. The SMILES string of the molecule is CC(=O)c1ccc(-c2nc3c(s2)C2C(C)C4C(=O)c5nc(-c6ccc(C(=O)C(F)(F)F)cc6)sc5C4C(C)C2C3=O)cc1. The van der Waals surface area contributed by atoms with E-state index >= 15 is 0 Å². The lowest BCUT2D eigenvalue weighted by atomic mass is 9.59. The first-order valence-electron chi connectivity index (χ1n) is 13.8. The number of ketones is 4. The molecule has 0 aliphatic heterocycles. The Balaban J connectivity index is 1.19. The molecule has 43 heavy (non-hydrogen) atoms. The number of benzene rings is 2. The van der Waals surface area contributed by atoms with Gasteiger partial charge >= 0.3 is 6.18 Å². The maximum Gasteiger partial charge on any atom is 0.454 e. The summed E-state index contributed by atoms with van der Waals surface area (Å²) >= 11 is 2.80. The molecule has 0 saturated heterocycles. The second-order valence-electron chi connectivity index (χ2n) is 11.6. The summed E-state index contributed by atoms with van der Waals surface area (Å²) in [6.07, 6.45) is -4.96. The molecule has 0 amide bonds. The van der Waals surface area contributed by atoms with Gasteiger partial charge in [0.15, 0.2) is 17.3 Å². The quantitative estimate of drug-likeness (QED) is 0.218. The highest BCUT2D eigenvalue weighted by atomic mass is 32.1. The predicted octanol–water partition coefficient (Wildman–Crippen LogP) is 7.66. The number of alkyl halides is 3. The number of carbonyl (C=O) groups is 4. The summed E-state index contributed by atoms with van der Waals surface area (Å²) in [5.74, 6) is -3.33. The first-order valence-corrected chi connectivity index (χ1v) is 15.4. The highest BCUT2D eigenvalue weighted by Gasteiger charge is 2.61. The molecule has 11 heteroatoms. The maximum atomic E-state index is 13.8. The van der Waals surface area contributed by atoms with Gasteiger partial charge in [-0.05, 0) is 18.8 Å². The van der Waals surface area contributed by atoms with Crippen LogP contribution in [0.4, 0.5) is 13.2 Å². The molecule has 218 valence electrons. The van der Waals surface area contributed by atoms with Crippen molar-refractivity contribution in [3.63, 3.8) is 0 Å². The number of rotatable bonds is 4. The van der Waals surface area contributed by atoms with E-state index in [1.54, 1.807) is 12.1 Å². The molecular formula is C32H23F3N2O4S2. The van der Waals surface area contributed by atoms with Crippen LogP contribution in [0.5, 0.6) is 0 Å². The number of halogens is 3. The molecule has 7 rings (SSSR count). The third kappa shape index (κ3) is 4.11. The van der Waals surface area contributed by atoms with Crippen LogP contribution in [-0.2, 0) is 0 Å². The summed E-state index contributed by atoms with van der Waals surface area (Å²) < 4.78 is 38.5. The largest absolute Gasteiger partial charge is 0.454 e. The summed E-state index contributed by atoms with van der Waals surface area (Å²) in [5, 5.41) is 1.20. The fraction of sp³-hybridized carbons (Fsp3) is 0.312. The molecule has 0 radical (unpaired) electrons. The van der Waals surface area contributed by atoms with Gasteiger partial charge in [0.25, 0.3) is 5.78 Å². The Morgan fingerprint density at radius 2 is 1.07 bits per heavy atom. The zero-order valence-corrected chi connectivity index (χ0v) is 24.7. The monoisotopic (exact) mass is 620 g/mol. The van der Waals surface area contributed by atoms with Gasteiger partial charge in [0.05, 0.1) is 0 Å². The predicted molar refractivity (Wildman–Crippen MR) is 155 cm³/mol. The summed E-state index contributed by atoms with van der Waals surface area (Å²) in [6, 6.07) is 12.2. The molecule has 2 aromatic heterocycles. The Morgan fingerprint density at radius 1 is 0.674 bits per heavy atom. The number of thiazole rings is 2. The Kier molecular flexibility index (Phi) is 6.24. The molecule has 6 unspecified atom stereocenters. The van der Waals surface area contributed by atoms with Crippen molar-refractivity contribution in [1.29, 1.82) is 0 Å². The molecule has 0 bridgehead atoms. The van der Waals surface area contributed by atoms with E-state index < -0.39 is 17.5 Å². The number of nitrogens with zero attached hydrogens (tertiary/aromatic N) is 2. The third-order valence-corrected chi connectivity index (χ3v) is 11.6. The summed E-state index contributed by atoms with van der Waals surface area (Å²) in [6.45, 7) is 5.54. The van der Waals surface area contributed by atoms with Crippen molar-refractivity contribution in [3.8, 4) is 21.1 Å². The van der Waals surface area contributed by atoms with Crippen molar-refractivity contribution in [1.82, 2.24) is 9.97 Å². The zero-order valence-electron chi connectivity index (χ0n) is 23.1. The average Bonchev–Trinajstić information content (AvgIpc) is 3.72. The van der Waals surface area contributed by atoms with E-state index in [9.17, 15) is 32.3 Å². The topological polar surface area (TPSA) is 94.1 Å². The maximum absolute atomic E-state index is 13.8. The van der Waals surface area contributed by atoms with E-state index in [2.05, 4.69) is 4.98 Å². The molecule has 3 aliphatic rings. The van der Waals surface area contributed by atoms with Crippen LogP contribution in [0.1, 0.15) is 84.1 Å². The second-order valence-corrected chi connectivity index (χ2v) is 13.6. The minimum Gasteiger partial charge on any atom is -0.295 e. The van der Waals surface area contributed by atoms with Crippen LogP contribution in [-0.4, -0.2) is 39.3 Å². The van der Waals surface area contributed by atoms with E-state index in [0.29, 0.717) is 32.5 Å². The highest BCUT2D eigenvalue weighted by Crippen LogP contribution is 2.63. The fourth-order valence-corrected chi connectivity index (χ4v) is 9.85. The molecule has 1 saturated carbocycles. The van der Waals surface area contributed by atoms with Crippen molar-refractivity contribution in [3.05, 3.63) is 80.8 Å². The lowest BCUT2D eigenvalue weighted by Crippen LogP contribution is -2.42. The standard InChI is InChI=1S/C32H23F3N2O4S2/c1-12-20-22(28-24(26(20)40)37-31(43-28)18-10-6-16(7-11-18)29(41)32(33,34)35)13(2)19-21(12)27-23(25(19)39)36-30(42-27)17-8-4-15(5-9-17)14(3)38/h4-13,19-22H,1-3H3. The first kappa shape index (κ1) is 28.0. The minimum absolute atomic E-state index is 0.0174. The molecule has 0 N–H and O–H groups in total. The number of fused-ring (bicyclic) bond motifs is 6. The number of hydrogen-bond donors (Lipinski definition) is 0. The van der Waals surface area contributed by atoms with Crippen LogP contribution < -0.4 is 0 Å². The van der Waals surface area contributed by atoms with Crippen LogP contribution >= 0.6 is 22.7 Å². The summed E-state index contributed by atoms with van der Waals surface area (Å²) in [7, 11) is 0. The number of Topliss-reactive ketones (excluding diaryl/α,β-unsaturated/α-hetero) is 4. The van der Waals surface area contributed by atoms with E-state index in [1.807, 2.05) is 26.0 Å². The average molecular weight is 621 g/mol. The summed E-state index contributed by atoms with van der Waals surface area (Å²) in [4.78, 5) is 62.0. The van der Waals surface area contributed by atoms with Crippen molar-refractivity contribution < 1.29 is 32.3 Å². The van der Waals surface area contributed by atoms with Crippen LogP contribution in [0.2, 0.25) is 0 Å². The molecule has 1 fully saturated rings. The fourth-order valence-electron chi connectivity index (χ4n) is 7.17. The molecule has 0 spiro atoms. The Hall–Kier alpha value is -3.83. The van der Waals surface area contributed by atoms with E-state index in [1.165, 1.54) is 41.7 Å². The highest BCUT2D eigenvalue weighted by molar-refractivity contribution is 7.16. The van der Waals surface area contributed by atoms with Gasteiger partial charge in [-0.3, -0.25) is 19.2 Å². The van der Waals surface area contributed by atoms with Gasteiger partial charge in [0.2, 0.25) is 0 Å². The van der Waals surface area contributed by atoms with Gasteiger partial charge in [0, 0.05) is 55.7 Å². The van der Waals surface area contributed by atoms with Crippen LogP contribution in [0, 0.1) is 23.7 Å². The van der Waals surface area contributed by atoms with Crippen molar-refractivity contribution >= 4 is 45.8 Å². The molecule has 4 aromatic rings. The van der Waals surface area contributed by atoms with Crippen LogP contribution in [0.15, 0.2) is 48.5 Å². The molecular weight excluding hydrogens is 597 g/mol. The lowest BCUT2D eigenvalue weighted by Gasteiger charge is -2.43. The van der Waals surface area contributed by atoms with Gasteiger partial charge in [-0.25, -0.2) is 9.97 Å². The van der Waals surface area contributed by atoms with Gasteiger partial charge in [-0.1, -0.05) is 62.4 Å². The summed E-state index contributed by atoms with van der Waals surface area (Å²) in [5.41, 5.74) is 2.32. The van der Waals surface area contributed by atoms with Crippen LogP contribution in [0.3, 0.4) is 0 Å². The molecule has 2 heterocycles. The van der Waals surface area contributed by atoms with Crippen molar-refractivity contribution in [2.24, 2.45) is 23.7 Å². The Morgan fingerprint density at radius 3 is 1.44 bits per heavy atom.